The molecule has 0 amide bonds. The minimum absolute atomic E-state index is 0.260. The first-order chi connectivity index (χ1) is 21.0. The van der Waals surface area contributed by atoms with Crippen molar-refractivity contribution < 1.29 is 38.4 Å². The predicted octanol–water partition coefficient (Wildman–Crippen LogP) is 6.50. The van der Waals surface area contributed by atoms with Gasteiger partial charge in [-0.25, -0.2) is 0 Å². The van der Waals surface area contributed by atoms with Crippen molar-refractivity contribution in [2.24, 2.45) is 0 Å². The lowest BCUT2D eigenvalue weighted by atomic mass is 10.0. The average Bonchev–Trinajstić information content (AvgIpc) is 3.62. The van der Waals surface area contributed by atoms with Crippen LogP contribution in [0.25, 0.3) is 44.8 Å². The summed E-state index contributed by atoms with van der Waals surface area (Å²) in [6.45, 7) is 5.41. The van der Waals surface area contributed by atoms with Crippen molar-refractivity contribution in [1.82, 2.24) is 9.97 Å². The largest absolute Gasteiger partial charge is 0.465 e. The summed E-state index contributed by atoms with van der Waals surface area (Å²) in [4.78, 5) is 41.2. The number of carbonyl (C=O) groups is 3. The Kier molecular flexibility index (Phi) is 8.63. The second-order valence-corrected chi connectivity index (χ2v) is 10.1. The molecule has 5 rings (SSSR count). The second kappa shape index (κ2) is 12.7. The van der Waals surface area contributed by atoms with Crippen molar-refractivity contribution in [2.45, 2.75) is 34.0 Å². The number of aromatic nitrogens is 2. The van der Waals surface area contributed by atoms with Gasteiger partial charge in [0.05, 0.1) is 0 Å². The Bertz CT molecular complexity index is 1820. The first kappa shape index (κ1) is 29.9. The van der Waals surface area contributed by atoms with Gasteiger partial charge in [-0.15, -0.1) is 0 Å². The van der Waals surface area contributed by atoms with Crippen molar-refractivity contribution >= 4 is 17.9 Å². The molecule has 0 spiro atoms. The lowest BCUT2D eigenvalue weighted by Crippen LogP contribution is -2.10. The van der Waals surface area contributed by atoms with E-state index >= 15 is 0 Å². The molecule has 5 aromatic rings. The standard InChI is InChI=1S/C34H30N2O8/c1-19(37)41-29-9-25(10-30(15-29)42-20(2)38)33-13-27(17-35-33)23-6-5-7-24(8-23)28-14-34(36-18-28)26-11-31(43-21(3)39)16-32(12-26)44-22(4)40/h5-19,35-37H,1-4H3. The van der Waals surface area contributed by atoms with E-state index in [4.69, 9.17) is 18.9 Å². The molecule has 3 N–H and O–H groups in total. The molecule has 3 aromatic carbocycles. The molecule has 0 radical (unpaired) electrons. The summed E-state index contributed by atoms with van der Waals surface area (Å²) < 4.78 is 21.2. The third-order valence-electron chi connectivity index (χ3n) is 6.37. The highest BCUT2D eigenvalue weighted by Gasteiger charge is 2.14. The van der Waals surface area contributed by atoms with Gasteiger partial charge in [0.1, 0.15) is 23.0 Å². The van der Waals surface area contributed by atoms with Crippen molar-refractivity contribution in [3.63, 3.8) is 0 Å². The van der Waals surface area contributed by atoms with E-state index in [1.165, 1.54) is 33.8 Å². The average molecular weight is 595 g/mol. The molecule has 0 fully saturated rings. The van der Waals surface area contributed by atoms with Crippen LogP contribution in [0.2, 0.25) is 0 Å². The van der Waals surface area contributed by atoms with Crippen molar-refractivity contribution in [2.75, 3.05) is 0 Å². The smallest absolute Gasteiger partial charge is 0.308 e. The molecular formula is C34H30N2O8. The second-order valence-electron chi connectivity index (χ2n) is 10.1. The highest BCUT2D eigenvalue weighted by Crippen LogP contribution is 2.35. The van der Waals surface area contributed by atoms with Crippen molar-refractivity contribution in [3.05, 3.63) is 85.2 Å². The molecule has 0 bridgehead atoms. The lowest BCUT2D eigenvalue weighted by molar-refractivity contribution is -0.133. The highest BCUT2D eigenvalue weighted by atomic mass is 16.6. The molecule has 10 nitrogen and oxygen atoms in total. The zero-order valence-corrected chi connectivity index (χ0v) is 24.5. The van der Waals surface area contributed by atoms with Crippen LogP contribution in [0.4, 0.5) is 0 Å². The summed E-state index contributed by atoms with van der Waals surface area (Å²) in [5.41, 5.74) is 6.63. The number of esters is 3. The quantitative estimate of drug-likeness (QED) is 0.0998. The summed E-state index contributed by atoms with van der Waals surface area (Å²) in [5.74, 6) is -0.272. The first-order valence-electron chi connectivity index (χ1n) is 13.7. The molecule has 2 heterocycles. The Labute approximate surface area is 253 Å². The number of carbonyl (C=O) groups excluding carboxylic acids is 3. The van der Waals surface area contributed by atoms with Gasteiger partial charge in [-0.2, -0.15) is 0 Å². The Morgan fingerprint density at radius 3 is 1.39 bits per heavy atom. The topological polar surface area (TPSA) is 140 Å². The SMILES string of the molecule is CC(=O)Oc1cc(OC(C)=O)cc(-c2cc(-c3cccc(-c4c[nH]c(-c5cc(OC(C)=O)cc(OC(C)O)c5)c4)c3)c[nH]2)c1. The number of hydrogen-bond acceptors (Lipinski definition) is 8. The fourth-order valence-corrected chi connectivity index (χ4v) is 4.73. The van der Waals surface area contributed by atoms with E-state index < -0.39 is 24.2 Å². The minimum Gasteiger partial charge on any atom is -0.465 e. The van der Waals surface area contributed by atoms with E-state index in [1.807, 2.05) is 42.7 Å². The Morgan fingerprint density at radius 1 is 0.568 bits per heavy atom. The van der Waals surface area contributed by atoms with Gasteiger partial charge < -0.3 is 34.0 Å². The number of ether oxygens (including phenoxy) is 4. The number of aliphatic hydroxyl groups excluding tert-OH is 1. The van der Waals surface area contributed by atoms with Gasteiger partial charge >= 0.3 is 17.9 Å². The summed E-state index contributed by atoms with van der Waals surface area (Å²) in [5, 5.41) is 9.69. The molecule has 0 saturated heterocycles. The highest BCUT2D eigenvalue weighted by molar-refractivity contribution is 5.80. The van der Waals surface area contributed by atoms with Crippen LogP contribution >= 0.6 is 0 Å². The van der Waals surface area contributed by atoms with Gasteiger partial charge in [-0.1, -0.05) is 18.2 Å². The molecule has 224 valence electrons. The van der Waals surface area contributed by atoms with Crippen LogP contribution in [-0.4, -0.2) is 39.3 Å². The van der Waals surface area contributed by atoms with E-state index in [0.717, 1.165) is 33.6 Å². The predicted molar refractivity (Wildman–Crippen MR) is 163 cm³/mol. The van der Waals surface area contributed by atoms with Gasteiger partial charge in [-0.3, -0.25) is 14.4 Å². The summed E-state index contributed by atoms with van der Waals surface area (Å²) >= 11 is 0. The number of aromatic amines is 2. The van der Waals surface area contributed by atoms with Gasteiger partial charge in [0.2, 0.25) is 0 Å². The summed E-state index contributed by atoms with van der Waals surface area (Å²) in [6.07, 6.45) is 2.70. The molecular weight excluding hydrogens is 564 g/mol. The maximum absolute atomic E-state index is 11.6. The number of H-pyrrole nitrogens is 2. The molecule has 0 aliphatic heterocycles. The van der Waals surface area contributed by atoms with E-state index in [2.05, 4.69) is 16.0 Å². The Morgan fingerprint density at radius 2 is 0.977 bits per heavy atom. The number of hydrogen-bond donors (Lipinski definition) is 3. The number of aliphatic hydroxyl groups is 1. The van der Waals surface area contributed by atoms with Crippen LogP contribution in [0.3, 0.4) is 0 Å². The molecule has 10 heteroatoms. The van der Waals surface area contributed by atoms with Gasteiger partial charge in [0.15, 0.2) is 6.29 Å². The third kappa shape index (κ3) is 7.42. The molecule has 0 saturated carbocycles. The van der Waals surface area contributed by atoms with Gasteiger partial charge in [-0.05, 0) is 71.6 Å². The van der Waals surface area contributed by atoms with Gasteiger partial charge in [0, 0.05) is 67.8 Å². The fourth-order valence-electron chi connectivity index (χ4n) is 4.73. The van der Waals surface area contributed by atoms with E-state index in [1.54, 1.807) is 30.3 Å². The lowest BCUT2D eigenvalue weighted by Gasteiger charge is -2.12. The van der Waals surface area contributed by atoms with Crippen LogP contribution in [0.15, 0.2) is 85.2 Å². The van der Waals surface area contributed by atoms with Crippen LogP contribution in [0.1, 0.15) is 27.7 Å². The van der Waals surface area contributed by atoms with Crippen LogP contribution in [0, 0.1) is 0 Å². The molecule has 1 atom stereocenters. The first-order valence-corrected chi connectivity index (χ1v) is 13.7. The minimum atomic E-state index is -1.04. The van der Waals surface area contributed by atoms with E-state index in [9.17, 15) is 19.5 Å². The van der Waals surface area contributed by atoms with Crippen molar-refractivity contribution in [3.8, 4) is 67.8 Å². The maximum Gasteiger partial charge on any atom is 0.308 e. The van der Waals surface area contributed by atoms with Crippen LogP contribution in [0.5, 0.6) is 23.0 Å². The van der Waals surface area contributed by atoms with E-state index in [0.29, 0.717) is 22.6 Å². The summed E-state index contributed by atoms with van der Waals surface area (Å²) in [6, 6.07) is 21.8. The maximum atomic E-state index is 11.6. The van der Waals surface area contributed by atoms with Crippen LogP contribution < -0.4 is 18.9 Å². The monoisotopic (exact) mass is 594 g/mol. The molecule has 1 unspecified atom stereocenters. The molecule has 0 aliphatic carbocycles. The van der Waals surface area contributed by atoms with Gasteiger partial charge in [0.25, 0.3) is 0 Å². The molecule has 44 heavy (non-hydrogen) atoms. The number of rotatable bonds is 9. The van der Waals surface area contributed by atoms with Crippen LogP contribution in [-0.2, 0) is 14.4 Å². The normalized spacial score (nSPS) is 11.5. The number of nitrogens with one attached hydrogen (secondary N) is 2. The molecule has 2 aromatic heterocycles. The third-order valence-corrected chi connectivity index (χ3v) is 6.37. The zero-order valence-electron chi connectivity index (χ0n) is 24.5. The van der Waals surface area contributed by atoms with E-state index in [-0.39, 0.29) is 11.5 Å². The molecule has 0 aliphatic rings. The fraction of sp³-hybridized carbons (Fsp3) is 0.147. The van der Waals surface area contributed by atoms with Crippen molar-refractivity contribution in [1.29, 1.82) is 0 Å². The zero-order chi connectivity index (χ0) is 31.4. The Hall–Kier alpha value is -5.61. The summed E-state index contributed by atoms with van der Waals surface area (Å²) in [7, 11) is 0. The Balaban J connectivity index is 1.43. The number of benzene rings is 3.